The van der Waals surface area contributed by atoms with Gasteiger partial charge in [-0.3, -0.25) is 0 Å². The van der Waals surface area contributed by atoms with Gasteiger partial charge in [-0.05, 0) is 12.1 Å². The molecule has 0 saturated carbocycles. The summed E-state index contributed by atoms with van der Waals surface area (Å²) in [5, 5.41) is 16.2. The van der Waals surface area contributed by atoms with Crippen LogP contribution in [0.25, 0.3) is 0 Å². The van der Waals surface area contributed by atoms with Crippen molar-refractivity contribution < 1.29 is 0 Å². The summed E-state index contributed by atoms with van der Waals surface area (Å²) in [6.45, 7) is 10.2. The molecule has 76 valence electrons. The van der Waals surface area contributed by atoms with E-state index in [1.165, 1.54) is 0 Å². The highest BCUT2D eigenvalue weighted by atomic mass is 15.1. The molecular weight excluding hydrogens is 174 g/mol. The largest absolute Gasteiger partial charge is 0.191 e. The molecule has 0 bridgehead atoms. The molecule has 0 aliphatic carbocycles. The maximum atomic E-state index is 8.48. The number of hydrogen-bond donors (Lipinski definition) is 0. The third-order valence-corrected chi connectivity index (χ3v) is 1.55. The van der Waals surface area contributed by atoms with Gasteiger partial charge >= 0.3 is 0 Å². The predicted octanol–water partition coefficient (Wildman–Crippen LogP) is 2.67. The quantitative estimate of drug-likeness (QED) is 0.633. The molecule has 0 fully saturated rings. The summed E-state index contributed by atoms with van der Waals surface area (Å²) in [6, 6.07) is 5.46. The maximum absolute atomic E-state index is 8.48. The molecule has 1 heterocycles. The zero-order chi connectivity index (χ0) is 11.2. The summed E-state index contributed by atoms with van der Waals surface area (Å²) in [6.07, 6.45) is 0. The van der Waals surface area contributed by atoms with Crippen LogP contribution in [-0.4, -0.2) is 10.2 Å². The van der Waals surface area contributed by atoms with E-state index in [0.717, 1.165) is 5.69 Å². The summed E-state index contributed by atoms with van der Waals surface area (Å²) >= 11 is 0. The first-order chi connectivity index (χ1) is 6.54. The zero-order valence-electron chi connectivity index (χ0n) is 9.50. The summed E-state index contributed by atoms with van der Waals surface area (Å²) in [7, 11) is 0. The Morgan fingerprint density at radius 2 is 1.71 bits per heavy atom. The van der Waals surface area contributed by atoms with Crippen molar-refractivity contribution in [2.24, 2.45) is 0 Å². The molecule has 1 aromatic heterocycles. The topological polar surface area (TPSA) is 49.6 Å². The van der Waals surface area contributed by atoms with E-state index in [2.05, 4.69) is 31.0 Å². The fraction of sp³-hybridized carbons (Fsp3) is 0.545. The van der Waals surface area contributed by atoms with Crippen LogP contribution in [0.3, 0.4) is 0 Å². The van der Waals surface area contributed by atoms with Crippen LogP contribution < -0.4 is 0 Å². The minimum atomic E-state index is 0.000978. The van der Waals surface area contributed by atoms with E-state index in [1.54, 1.807) is 6.07 Å². The SMILES string of the molecule is CC.CC(C)(C)c1ccc(C#N)nn1. The molecule has 3 nitrogen and oxygen atoms in total. The van der Waals surface area contributed by atoms with Crippen LogP contribution in [0.15, 0.2) is 12.1 Å². The van der Waals surface area contributed by atoms with E-state index in [9.17, 15) is 0 Å². The lowest BCUT2D eigenvalue weighted by atomic mass is 9.92. The Bertz CT molecular complexity index is 301. The van der Waals surface area contributed by atoms with Crippen molar-refractivity contribution in [3.8, 4) is 6.07 Å². The Morgan fingerprint density at radius 3 is 2.00 bits per heavy atom. The van der Waals surface area contributed by atoms with E-state index >= 15 is 0 Å². The lowest BCUT2D eigenvalue weighted by Crippen LogP contribution is -2.14. The van der Waals surface area contributed by atoms with Crippen LogP contribution in [0.1, 0.15) is 46.0 Å². The molecule has 0 amide bonds. The van der Waals surface area contributed by atoms with Crippen LogP contribution in [0.5, 0.6) is 0 Å². The highest BCUT2D eigenvalue weighted by Gasteiger charge is 2.15. The summed E-state index contributed by atoms with van der Waals surface area (Å²) in [4.78, 5) is 0. The fourth-order valence-corrected chi connectivity index (χ4v) is 0.792. The summed E-state index contributed by atoms with van der Waals surface area (Å²) in [5.41, 5.74) is 1.27. The average molecular weight is 191 g/mol. The van der Waals surface area contributed by atoms with Gasteiger partial charge < -0.3 is 0 Å². The van der Waals surface area contributed by atoms with Gasteiger partial charge in [0.05, 0.1) is 5.69 Å². The van der Waals surface area contributed by atoms with Crippen LogP contribution >= 0.6 is 0 Å². The van der Waals surface area contributed by atoms with Gasteiger partial charge in [-0.1, -0.05) is 34.6 Å². The molecule has 0 aromatic carbocycles. The summed E-state index contributed by atoms with van der Waals surface area (Å²) in [5.74, 6) is 0. The Labute approximate surface area is 85.8 Å². The molecule has 0 aliphatic rings. The zero-order valence-corrected chi connectivity index (χ0v) is 9.50. The second-order valence-electron chi connectivity index (χ2n) is 3.67. The van der Waals surface area contributed by atoms with Crippen molar-refractivity contribution in [1.82, 2.24) is 10.2 Å². The molecular formula is C11H17N3. The molecule has 0 saturated heterocycles. The highest BCUT2D eigenvalue weighted by Crippen LogP contribution is 2.18. The maximum Gasteiger partial charge on any atom is 0.163 e. The second-order valence-corrected chi connectivity index (χ2v) is 3.67. The van der Waals surface area contributed by atoms with Crippen LogP contribution in [0.2, 0.25) is 0 Å². The smallest absolute Gasteiger partial charge is 0.163 e. The first-order valence-corrected chi connectivity index (χ1v) is 4.78. The number of nitrogens with zero attached hydrogens (tertiary/aromatic N) is 3. The van der Waals surface area contributed by atoms with E-state index in [-0.39, 0.29) is 5.41 Å². The minimum absolute atomic E-state index is 0.000978. The van der Waals surface area contributed by atoms with Crippen LogP contribution in [-0.2, 0) is 5.41 Å². The fourth-order valence-electron chi connectivity index (χ4n) is 0.792. The lowest BCUT2D eigenvalue weighted by molar-refractivity contribution is 0.558. The van der Waals surface area contributed by atoms with E-state index in [1.807, 2.05) is 26.0 Å². The molecule has 0 unspecified atom stereocenters. The molecule has 0 radical (unpaired) electrons. The Kier molecular flexibility index (Phi) is 4.79. The summed E-state index contributed by atoms with van der Waals surface area (Å²) < 4.78 is 0. The first kappa shape index (κ1) is 12.6. The average Bonchev–Trinajstić information content (AvgIpc) is 2.20. The Morgan fingerprint density at radius 1 is 1.14 bits per heavy atom. The number of rotatable bonds is 0. The second kappa shape index (κ2) is 5.33. The van der Waals surface area contributed by atoms with Crippen LogP contribution in [0, 0.1) is 11.3 Å². The molecule has 14 heavy (non-hydrogen) atoms. The standard InChI is InChI=1S/C9H11N3.C2H6/c1-9(2,3)8-5-4-7(6-10)11-12-8;1-2/h4-5H,1-3H3;1-2H3. The molecule has 0 atom stereocenters. The number of aromatic nitrogens is 2. The molecule has 0 N–H and O–H groups in total. The minimum Gasteiger partial charge on any atom is -0.191 e. The van der Waals surface area contributed by atoms with Gasteiger partial charge in [0.25, 0.3) is 0 Å². The van der Waals surface area contributed by atoms with Gasteiger partial charge in [0.15, 0.2) is 5.69 Å². The molecule has 0 aliphatic heterocycles. The Hall–Kier alpha value is -1.43. The Balaban J connectivity index is 0.000000791. The van der Waals surface area contributed by atoms with Crippen molar-refractivity contribution in [2.45, 2.75) is 40.0 Å². The van der Waals surface area contributed by atoms with Crippen molar-refractivity contribution in [2.75, 3.05) is 0 Å². The number of hydrogen-bond acceptors (Lipinski definition) is 3. The molecule has 1 rings (SSSR count). The van der Waals surface area contributed by atoms with Crippen molar-refractivity contribution >= 4 is 0 Å². The monoisotopic (exact) mass is 191 g/mol. The van der Waals surface area contributed by atoms with Gasteiger partial charge in [0.2, 0.25) is 0 Å². The van der Waals surface area contributed by atoms with Crippen molar-refractivity contribution in [3.63, 3.8) is 0 Å². The van der Waals surface area contributed by atoms with E-state index in [4.69, 9.17) is 5.26 Å². The third-order valence-electron chi connectivity index (χ3n) is 1.55. The molecule has 3 heteroatoms. The molecule has 1 aromatic rings. The van der Waals surface area contributed by atoms with E-state index < -0.39 is 0 Å². The van der Waals surface area contributed by atoms with Gasteiger partial charge in [0.1, 0.15) is 6.07 Å². The van der Waals surface area contributed by atoms with Crippen LogP contribution in [0.4, 0.5) is 0 Å². The van der Waals surface area contributed by atoms with Gasteiger partial charge in [0, 0.05) is 5.41 Å². The normalized spacial score (nSPS) is 9.71. The third kappa shape index (κ3) is 3.53. The highest BCUT2D eigenvalue weighted by molar-refractivity contribution is 5.21. The van der Waals surface area contributed by atoms with Gasteiger partial charge in [-0.15, -0.1) is 5.10 Å². The van der Waals surface area contributed by atoms with E-state index in [0.29, 0.717) is 5.69 Å². The number of nitriles is 1. The van der Waals surface area contributed by atoms with Crippen molar-refractivity contribution in [3.05, 3.63) is 23.5 Å². The molecule has 0 spiro atoms. The van der Waals surface area contributed by atoms with Gasteiger partial charge in [-0.25, -0.2) is 0 Å². The predicted molar refractivity (Wildman–Crippen MR) is 56.8 cm³/mol. The van der Waals surface area contributed by atoms with Crippen molar-refractivity contribution in [1.29, 1.82) is 5.26 Å². The lowest BCUT2D eigenvalue weighted by Gasteiger charge is -2.15. The van der Waals surface area contributed by atoms with Gasteiger partial charge in [-0.2, -0.15) is 10.4 Å². The first-order valence-electron chi connectivity index (χ1n) is 4.78.